The number of rotatable bonds is 3. The highest BCUT2D eigenvalue weighted by Gasteiger charge is 2.31. The minimum atomic E-state index is -0.833. The maximum Gasteiger partial charge on any atom is 0.236 e. The largest absolute Gasteiger partial charge is 0.336 e. The molecule has 0 spiro atoms. The van der Waals surface area contributed by atoms with E-state index in [1.165, 1.54) is 0 Å². The van der Waals surface area contributed by atoms with Crippen molar-refractivity contribution in [3.05, 3.63) is 0 Å². The van der Waals surface area contributed by atoms with Gasteiger partial charge in [0.05, 0.1) is 13.1 Å². The van der Waals surface area contributed by atoms with Gasteiger partial charge in [-0.05, 0) is 13.5 Å². The molecule has 0 bridgehead atoms. The lowest BCUT2D eigenvalue weighted by Gasteiger charge is -2.20. The van der Waals surface area contributed by atoms with Gasteiger partial charge in [-0.25, -0.2) is 4.39 Å². The maximum absolute atomic E-state index is 12.9. The Morgan fingerprint density at radius 2 is 2.38 bits per heavy atom. The van der Waals surface area contributed by atoms with E-state index in [4.69, 9.17) is 0 Å². The first-order valence-electron chi connectivity index (χ1n) is 4.79. The molecule has 2 atom stereocenters. The highest BCUT2D eigenvalue weighted by atomic mass is 19.1. The van der Waals surface area contributed by atoms with Crippen LogP contribution in [0.15, 0.2) is 0 Å². The fourth-order valence-electron chi connectivity index (χ4n) is 1.65. The molecule has 1 amide bonds. The molecule has 0 aliphatic carbocycles. The molecule has 0 aromatic heterocycles. The average molecular weight is 188 g/mol. The zero-order valence-electron chi connectivity index (χ0n) is 8.22. The third-order valence-corrected chi connectivity index (χ3v) is 2.37. The molecule has 76 valence electrons. The van der Waals surface area contributed by atoms with E-state index in [1.54, 1.807) is 4.90 Å². The second-order valence-electron chi connectivity index (χ2n) is 3.51. The molecule has 0 aromatic carbocycles. The first kappa shape index (κ1) is 10.4. The van der Waals surface area contributed by atoms with E-state index in [9.17, 15) is 9.18 Å². The van der Waals surface area contributed by atoms with E-state index in [2.05, 4.69) is 5.32 Å². The second kappa shape index (κ2) is 4.56. The molecule has 0 saturated carbocycles. The number of alkyl halides is 1. The SMILES string of the molecule is CCNCC(=O)N1CC(F)CC1C. The normalized spacial score (nSPS) is 28.1. The van der Waals surface area contributed by atoms with Crippen LogP contribution in [0.1, 0.15) is 20.3 Å². The summed E-state index contributed by atoms with van der Waals surface area (Å²) in [7, 11) is 0. The molecule has 13 heavy (non-hydrogen) atoms. The predicted octanol–water partition coefficient (Wildman–Crippen LogP) is 0.555. The van der Waals surface area contributed by atoms with Gasteiger partial charge in [0.1, 0.15) is 6.17 Å². The molecule has 2 unspecified atom stereocenters. The van der Waals surface area contributed by atoms with Gasteiger partial charge in [0.15, 0.2) is 0 Å². The minimum absolute atomic E-state index is 0.00880. The molecular weight excluding hydrogens is 171 g/mol. The Kier molecular flexibility index (Phi) is 3.66. The molecule has 1 saturated heterocycles. The van der Waals surface area contributed by atoms with Crippen molar-refractivity contribution in [1.29, 1.82) is 0 Å². The number of nitrogens with one attached hydrogen (secondary N) is 1. The fourth-order valence-corrected chi connectivity index (χ4v) is 1.65. The van der Waals surface area contributed by atoms with E-state index >= 15 is 0 Å². The monoisotopic (exact) mass is 188 g/mol. The first-order valence-corrected chi connectivity index (χ1v) is 4.79. The van der Waals surface area contributed by atoms with Gasteiger partial charge in [-0.1, -0.05) is 6.92 Å². The van der Waals surface area contributed by atoms with Crippen LogP contribution >= 0.6 is 0 Å². The summed E-state index contributed by atoms with van der Waals surface area (Å²) in [5.74, 6) is 0.00880. The smallest absolute Gasteiger partial charge is 0.236 e. The van der Waals surface area contributed by atoms with Gasteiger partial charge < -0.3 is 10.2 Å². The van der Waals surface area contributed by atoms with Crippen molar-refractivity contribution >= 4 is 5.91 Å². The van der Waals surface area contributed by atoms with Crippen LogP contribution in [0, 0.1) is 0 Å². The van der Waals surface area contributed by atoms with Crippen LogP contribution in [0.5, 0.6) is 0 Å². The van der Waals surface area contributed by atoms with Crippen molar-refractivity contribution in [3.63, 3.8) is 0 Å². The minimum Gasteiger partial charge on any atom is -0.336 e. The lowest BCUT2D eigenvalue weighted by atomic mass is 10.2. The lowest BCUT2D eigenvalue weighted by molar-refractivity contribution is -0.130. The van der Waals surface area contributed by atoms with Crippen LogP contribution < -0.4 is 5.32 Å². The number of carbonyl (C=O) groups excluding carboxylic acids is 1. The van der Waals surface area contributed by atoms with Crippen LogP contribution in [0.25, 0.3) is 0 Å². The Bertz CT molecular complexity index is 186. The van der Waals surface area contributed by atoms with Crippen molar-refractivity contribution in [2.45, 2.75) is 32.5 Å². The molecule has 1 N–H and O–H groups in total. The van der Waals surface area contributed by atoms with Gasteiger partial charge in [-0.2, -0.15) is 0 Å². The van der Waals surface area contributed by atoms with Crippen molar-refractivity contribution in [3.8, 4) is 0 Å². The number of carbonyl (C=O) groups is 1. The molecule has 1 heterocycles. The number of halogens is 1. The van der Waals surface area contributed by atoms with Crippen molar-refractivity contribution in [2.24, 2.45) is 0 Å². The quantitative estimate of drug-likeness (QED) is 0.701. The topological polar surface area (TPSA) is 32.3 Å². The van der Waals surface area contributed by atoms with Crippen molar-refractivity contribution in [1.82, 2.24) is 10.2 Å². The Balaban J connectivity index is 2.38. The molecule has 1 rings (SSSR count). The third-order valence-electron chi connectivity index (χ3n) is 2.37. The first-order chi connectivity index (χ1) is 6.15. The summed E-state index contributed by atoms with van der Waals surface area (Å²) in [6, 6.07) is 0.0566. The Morgan fingerprint density at radius 3 is 2.85 bits per heavy atom. The third kappa shape index (κ3) is 2.66. The summed E-state index contributed by atoms with van der Waals surface area (Å²) in [6.45, 7) is 5.20. The van der Waals surface area contributed by atoms with E-state index in [0.29, 0.717) is 13.0 Å². The summed E-state index contributed by atoms with van der Waals surface area (Å²) in [5, 5.41) is 2.95. The van der Waals surface area contributed by atoms with Crippen LogP contribution in [0.3, 0.4) is 0 Å². The van der Waals surface area contributed by atoms with Crippen LogP contribution in [-0.4, -0.2) is 42.7 Å². The number of hydrogen-bond donors (Lipinski definition) is 1. The van der Waals surface area contributed by atoms with Crippen molar-refractivity contribution < 1.29 is 9.18 Å². The Morgan fingerprint density at radius 1 is 1.69 bits per heavy atom. The molecule has 1 aliphatic heterocycles. The predicted molar refractivity (Wildman–Crippen MR) is 49.2 cm³/mol. The zero-order valence-corrected chi connectivity index (χ0v) is 8.22. The number of likely N-dealkylation sites (N-methyl/N-ethyl adjacent to an activating group) is 1. The number of nitrogens with zero attached hydrogens (tertiary/aromatic N) is 1. The number of likely N-dealkylation sites (tertiary alicyclic amines) is 1. The maximum atomic E-state index is 12.9. The number of amides is 1. The average Bonchev–Trinajstić information content (AvgIpc) is 2.41. The van der Waals surface area contributed by atoms with Gasteiger partial charge in [0.25, 0.3) is 0 Å². The van der Waals surface area contributed by atoms with E-state index in [0.717, 1.165) is 6.54 Å². The summed E-state index contributed by atoms with van der Waals surface area (Å²) in [6.07, 6.45) is -0.349. The number of hydrogen-bond acceptors (Lipinski definition) is 2. The summed E-state index contributed by atoms with van der Waals surface area (Å²) < 4.78 is 12.9. The Labute approximate surface area is 78.3 Å². The zero-order chi connectivity index (χ0) is 9.84. The van der Waals surface area contributed by atoms with Gasteiger partial charge in [-0.15, -0.1) is 0 Å². The van der Waals surface area contributed by atoms with Crippen LogP contribution in [0.2, 0.25) is 0 Å². The highest BCUT2D eigenvalue weighted by molar-refractivity contribution is 5.78. The van der Waals surface area contributed by atoms with Crippen molar-refractivity contribution in [2.75, 3.05) is 19.6 Å². The molecule has 3 nitrogen and oxygen atoms in total. The summed E-state index contributed by atoms with van der Waals surface area (Å²) in [4.78, 5) is 13.1. The molecule has 0 aromatic rings. The van der Waals surface area contributed by atoms with Gasteiger partial charge in [0.2, 0.25) is 5.91 Å². The molecule has 0 radical (unpaired) electrons. The van der Waals surface area contributed by atoms with Gasteiger partial charge >= 0.3 is 0 Å². The standard InChI is InChI=1S/C9H17FN2O/c1-3-11-5-9(13)12-6-8(10)4-7(12)2/h7-8,11H,3-6H2,1-2H3. The molecular formula is C9H17FN2O. The molecule has 1 fully saturated rings. The second-order valence-corrected chi connectivity index (χ2v) is 3.51. The molecule has 4 heteroatoms. The highest BCUT2D eigenvalue weighted by Crippen LogP contribution is 2.19. The lowest BCUT2D eigenvalue weighted by Crippen LogP contribution is -2.40. The fraction of sp³-hybridized carbons (Fsp3) is 0.889. The van der Waals surface area contributed by atoms with Gasteiger partial charge in [0, 0.05) is 12.5 Å². The van der Waals surface area contributed by atoms with Crippen LogP contribution in [0.4, 0.5) is 4.39 Å². The summed E-state index contributed by atoms with van der Waals surface area (Å²) in [5.41, 5.74) is 0. The van der Waals surface area contributed by atoms with E-state index in [-0.39, 0.29) is 18.5 Å². The van der Waals surface area contributed by atoms with Gasteiger partial charge in [-0.3, -0.25) is 4.79 Å². The van der Waals surface area contributed by atoms with E-state index < -0.39 is 6.17 Å². The van der Waals surface area contributed by atoms with Crippen LogP contribution in [-0.2, 0) is 4.79 Å². The van der Waals surface area contributed by atoms with E-state index in [1.807, 2.05) is 13.8 Å². The molecule has 1 aliphatic rings. The summed E-state index contributed by atoms with van der Waals surface area (Å²) >= 11 is 0. The Hall–Kier alpha value is -0.640.